The molecule has 0 saturated heterocycles. The summed E-state index contributed by atoms with van der Waals surface area (Å²) >= 11 is 8.83. The fourth-order valence-electron chi connectivity index (χ4n) is 1.17. The Kier molecular flexibility index (Phi) is 4.86. The van der Waals surface area contributed by atoms with Gasteiger partial charge in [0.15, 0.2) is 5.92 Å². The summed E-state index contributed by atoms with van der Waals surface area (Å²) in [4.78, 5) is 10.5. The second-order valence-electron chi connectivity index (χ2n) is 3.44. The molecule has 1 aromatic rings. The van der Waals surface area contributed by atoms with Gasteiger partial charge in [0.1, 0.15) is 0 Å². The van der Waals surface area contributed by atoms with E-state index in [9.17, 15) is 18.0 Å². The van der Waals surface area contributed by atoms with Crippen LogP contribution in [0.3, 0.4) is 0 Å². The molecule has 0 saturated carbocycles. The number of carbonyl (C=O) groups is 1. The van der Waals surface area contributed by atoms with Crippen molar-refractivity contribution < 1.29 is 23.1 Å². The molecule has 0 aromatic heterocycles. The first-order valence-electron chi connectivity index (χ1n) is 4.70. The van der Waals surface area contributed by atoms with Crippen LogP contribution in [0.15, 0.2) is 22.7 Å². The molecular formula is C10H8BrClF3NO2. The molecule has 1 atom stereocenters. The minimum atomic E-state index is -4.79. The van der Waals surface area contributed by atoms with Crippen LogP contribution < -0.4 is 5.32 Å². The van der Waals surface area contributed by atoms with Crippen molar-refractivity contribution in [1.29, 1.82) is 0 Å². The number of aliphatic carboxylic acids is 1. The van der Waals surface area contributed by atoms with Crippen molar-refractivity contribution in [3.63, 3.8) is 0 Å². The van der Waals surface area contributed by atoms with E-state index in [1.165, 1.54) is 18.2 Å². The van der Waals surface area contributed by atoms with E-state index in [0.717, 1.165) is 0 Å². The minimum Gasteiger partial charge on any atom is -0.481 e. The van der Waals surface area contributed by atoms with Gasteiger partial charge in [-0.05, 0) is 34.1 Å². The molecule has 0 aliphatic rings. The summed E-state index contributed by atoms with van der Waals surface area (Å²) in [6.45, 7) is -0.743. The maximum absolute atomic E-state index is 12.4. The first-order chi connectivity index (χ1) is 8.21. The van der Waals surface area contributed by atoms with Gasteiger partial charge in [-0.2, -0.15) is 13.2 Å². The molecule has 0 aliphatic heterocycles. The van der Waals surface area contributed by atoms with Gasteiger partial charge in [-0.25, -0.2) is 0 Å². The highest BCUT2D eigenvalue weighted by Crippen LogP contribution is 2.28. The van der Waals surface area contributed by atoms with Crippen LogP contribution in [0, 0.1) is 5.92 Å². The van der Waals surface area contributed by atoms with E-state index < -0.39 is 24.6 Å². The van der Waals surface area contributed by atoms with E-state index >= 15 is 0 Å². The fraction of sp³-hybridized carbons (Fsp3) is 0.300. The number of nitrogens with one attached hydrogen (secondary N) is 1. The molecule has 0 radical (unpaired) electrons. The normalized spacial score (nSPS) is 13.2. The highest BCUT2D eigenvalue weighted by Gasteiger charge is 2.44. The molecule has 0 spiro atoms. The third-order valence-electron chi connectivity index (χ3n) is 2.12. The van der Waals surface area contributed by atoms with Gasteiger partial charge in [0.05, 0.1) is 5.02 Å². The number of hydrogen-bond acceptors (Lipinski definition) is 2. The highest BCUT2D eigenvalue weighted by molar-refractivity contribution is 9.10. The van der Waals surface area contributed by atoms with E-state index in [1.807, 2.05) is 0 Å². The lowest BCUT2D eigenvalue weighted by Gasteiger charge is -2.17. The quantitative estimate of drug-likeness (QED) is 0.872. The predicted molar refractivity (Wildman–Crippen MR) is 64.8 cm³/mol. The molecule has 18 heavy (non-hydrogen) atoms. The Morgan fingerprint density at radius 3 is 2.56 bits per heavy atom. The Balaban J connectivity index is 2.73. The van der Waals surface area contributed by atoms with Crippen LogP contribution in [0.5, 0.6) is 0 Å². The van der Waals surface area contributed by atoms with Gasteiger partial charge in [0.25, 0.3) is 0 Å². The van der Waals surface area contributed by atoms with Crippen LogP contribution in [0.2, 0.25) is 5.02 Å². The van der Waals surface area contributed by atoms with Crippen molar-refractivity contribution in [2.45, 2.75) is 6.18 Å². The number of halogens is 5. The van der Waals surface area contributed by atoms with Crippen LogP contribution in [0.4, 0.5) is 18.9 Å². The number of benzene rings is 1. The van der Waals surface area contributed by atoms with Gasteiger partial charge < -0.3 is 10.4 Å². The van der Waals surface area contributed by atoms with Gasteiger partial charge in [-0.1, -0.05) is 11.6 Å². The zero-order valence-electron chi connectivity index (χ0n) is 8.76. The number of anilines is 1. The van der Waals surface area contributed by atoms with Gasteiger partial charge >= 0.3 is 12.1 Å². The number of alkyl halides is 3. The second-order valence-corrected chi connectivity index (χ2v) is 4.70. The molecule has 0 heterocycles. The van der Waals surface area contributed by atoms with Crippen LogP contribution in [0.25, 0.3) is 0 Å². The van der Waals surface area contributed by atoms with Crippen molar-refractivity contribution in [1.82, 2.24) is 0 Å². The summed E-state index contributed by atoms with van der Waals surface area (Å²) in [5, 5.41) is 11.3. The van der Waals surface area contributed by atoms with Crippen molar-refractivity contribution in [2.75, 3.05) is 11.9 Å². The molecular weight excluding hydrogens is 338 g/mol. The molecule has 1 rings (SSSR count). The highest BCUT2D eigenvalue weighted by atomic mass is 79.9. The molecule has 2 N–H and O–H groups in total. The van der Waals surface area contributed by atoms with Crippen LogP contribution in [0.1, 0.15) is 0 Å². The van der Waals surface area contributed by atoms with E-state index in [2.05, 4.69) is 21.2 Å². The first-order valence-corrected chi connectivity index (χ1v) is 5.87. The molecule has 100 valence electrons. The number of carboxylic acid groups (broad SMARTS) is 1. The molecule has 0 fully saturated rings. The molecule has 1 aromatic carbocycles. The Bertz CT molecular complexity index is 453. The average Bonchev–Trinajstić information content (AvgIpc) is 2.21. The maximum atomic E-state index is 12.4. The molecule has 0 aliphatic carbocycles. The summed E-state index contributed by atoms with van der Waals surface area (Å²) < 4.78 is 37.6. The number of rotatable bonds is 4. The predicted octanol–water partition coefficient (Wildman–Crippen LogP) is 3.78. The fourth-order valence-corrected chi connectivity index (χ4v) is 1.67. The zero-order chi connectivity index (χ0) is 13.9. The molecule has 0 amide bonds. The van der Waals surface area contributed by atoms with Crippen molar-refractivity contribution in [2.24, 2.45) is 5.92 Å². The van der Waals surface area contributed by atoms with Gasteiger partial charge in [-0.3, -0.25) is 4.79 Å². The zero-order valence-corrected chi connectivity index (χ0v) is 11.1. The van der Waals surface area contributed by atoms with Crippen LogP contribution >= 0.6 is 27.5 Å². The first kappa shape index (κ1) is 15.1. The van der Waals surface area contributed by atoms with E-state index in [4.69, 9.17) is 16.7 Å². The Morgan fingerprint density at radius 1 is 1.50 bits per heavy atom. The molecule has 8 heteroatoms. The summed E-state index contributed by atoms with van der Waals surface area (Å²) in [5.74, 6) is -4.37. The summed E-state index contributed by atoms with van der Waals surface area (Å²) in [5.41, 5.74) is 0.349. The van der Waals surface area contributed by atoms with Gasteiger partial charge in [0.2, 0.25) is 0 Å². The van der Waals surface area contributed by atoms with Crippen molar-refractivity contribution in [3.8, 4) is 0 Å². The summed E-state index contributed by atoms with van der Waals surface area (Å²) in [7, 11) is 0. The third kappa shape index (κ3) is 4.06. The molecule has 3 nitrogen and oxygen atoms in total. The standard InChI is InChI=1S/C10H8BrClF3NO2/c11-7-3-5(1-2-8(7)12)16-4-6(9(17)18)10(13,14)15/h1-3,6,16H,4H2,(H,17,18). The largest absolute Gasteiger partial charge is 0.481 e. The number of hydrogen-bond donors (Lipinski definition) is 2. The van der Waals surface area contributed by atoms with Crippen molar-refractivity contribution in [3.05, 3.63) is 27.7 Å². The number of carboxylic acids is 1. The second kappa shape index (κ2) is 5.79. The lowest BCUT2D eigenvalue weighted by atomic mass is 10.1. The van der Waals surface area contributed by atoms with Crippen LogP contribution in [-0.4, -0.2) is 23.8 Å². The van der Waals surface area contributed by atoms with Crippen LogP contribution in [-0.2, 0) is 4.79 Å². The monoisotopic (exact) mass is 345 g/mol. The summed E-state index contributed by atoms with van der Waals surface area (Å²) in [6.07, 6.45) is -4.79. The Labute approximate surface area is 114 Å². The molecule has 1 unspecified atom stereocenters. The smallest absolute Gasteiger partial charge is 0.403 e. The van der Waals surface area contributed by atoms with E-state index in [-0.39, 0.29) is 0 Å². The Morgan fingerprint density at radius 2 is 2.11 bits per heavy atom. The topological polar surface area (TPSA) is 49.3 Å². The van der Waals surface area contributed by atoms with Gasteiger partial charge in [-0.15, -0.1) is 0 Å². The van der Waals surface area contributed by atoms with Gasteiger partial charge in [0, 0.05) is 16.7 Å². The maximum Gasteiger partial charge on any atom is 0.403 e. The third-order valence-corrected chi connectivity index (χ3v) is 3.34. The summed E-state index contributed by atoms with van der Waals surface area (Å²) in [6, 6.07) is 4.41. The van der Waals surface area contributed by atoms with E-state index in [1.54, 1.807) is 0 Å². The minimum absolute atomic E-state index is 0.349. The lowest BCUT2D eigenvalue weighted by Crippen LogP contribution is -2.36. The average molecular weight is 347 g/mol. The Hall–Kier alpha value is -0.950. The van der Waals surface area contributed by atoms with Crippen molar-refractivity contribution >= 4 is 39.2 Å². The van der Waals surface area contributed by atoms with E-state index in [0.29, 0.717) is 15.2 Å². The lowest BCUT2D eigenvalue weighted by molar-refractivity contribution is -0.190. The molecule has 0 bridgehead atoms. The SMILES string of the molecule is O=C(O)C(CNc1ccc(Cl)c(Br)c1)C(F)(F)F.